The summed E-state index contributed by atoms with van der Waals surface area (Å²) in [6.45, 7) is 2.88. The number of fused-ring (bicyclic) bond motifs is 1. The van der Waals surface area contributed by atoms with Crippen LogP contribution in [-0.4, -0.2) is 45.6 Å². The van der Waals surface area contributed by atoms with Crippen molar-refractivity contribution in [3.8, 4) is 11.3 Å². The molecule has 3 aromatic rings. The number of carbonyl (C=O) groups excluding carboxylic acids is 1. The van der Waals surface area contributed by atoms with Gasteiger partial charge >= 0.3 is 0 Å². The molecule has 0 spiro atoms. The van der Waals surface area contributed by atoms with Crippen LogP contribution < -0.4 is 5.32 Å². The summed E-state index contributed by atoms with van der Waals surface area (Å²) in [4.78, 5) is 23.8. The van der Waals surface area contributed by atoms with Crippen molar-refractivity contribution in [2.24, 2.45) is 0 Å². The molecule has 1 aromatic carbocycles. The smallest absolute Gasteiger partial charge is 0.292 e. The summed E-state index contributed by atoms with van der Waals surface area (Å²) < 4.78 is 19.2. The minimum Gasteiger partial charge on any atom is -0.350 e. The van der Waals surface area contributed by atoms with E-state index >= 15 is 0 Å². The summed E-state index contributed by atoms with van der Waals surface area (Å²) in [6.07, 6.45) is 3.56. The molecule has 148 valence electrons. The highest BCUT2D eigenvalue weighted by Gasteiger charge is 2.28. The lowest BCUT2D eigenvalue weighted by molar-refractivity contribution is 0.0691. The second-order valence-corrected chi connectivity index (χ2v) is 7.42. The number of nitrogens with zero attached hydrogens (tertiary/aromatic N) is 4. The van der Waals surface area contributed by atoms with Crippen LogP contribution in [0.15, 0.2) is 41.1 Å². The molecule has 0 saturated carbocycles. The highest BCUT2D eigenvalue weighted by atomic mass is 19.1. The second kappa shape index (κ2) is 7.36. The number of aromatic nitrogens is 3. The van der Waals surface area contributed by atoms with Gasteiger partial charge in [-0.2, -0.15) is 0 Å². The Balaban J connectivity index is 1.33. The third kappa shape index (κ3) is 3.40. The van der Waals surface area contributed by atoms with Gasteiger partial charge in [-0.3, -0.25) is 4.79 Å². The first-order valence-corrected chi connectivity index (χ1v) is 9.75. The first kappa shape index (κ1) is 17.9. The summed E-state index contributed by atoms with van der Waals surface area (Å²) >= 11 is 0. The molecule has 2 aromatic heterocycles. The number of nitrogens with one attached hydrogen (secondary N) is 1. The van der Waals surface area contributed by atoms with Crippen LogP contribution in [0, 0.1) is 5.82 Å². The molecule has 7 nitrogen and oxygen atoms in total. The Bertz CT molecular complexity index is 1060. The minimum absolute atomic E-state index is 0.0984. The van der Waals surface area contributed by atoms with E-state index in [4.69, 9.17) is 9.51 Å². The predicted octanol–water partition coefficient (Wildman–Crippen LogP) is 2.55. The molecule has 1 atom stereocenters. The van der Waals surface area contributed by atoms with Crippen LogP contribution in [0.2, 0.25) is 0 Å². The maximum absolute atomic E-state index is 14.0. The Morgan fingerprint density at radius 3 is 3.03 bits per heavy atom. The lowest BCUT2D eigenvalue weighted by Crippen LogP contribution is -2.36. The average Bonchev–Trinajstić information content (AvgIpc) is 3.45. The van der Waals surface area contributed by atoms with Crippen LogP contribution in [0.5, 0.6) is 0 Å². The second-order valence-electron chi connectivity index (χ2n) is 7.42. The fourth-order valence-electron chi connectivity index (χ4n) is 3.90. The van der Waals surface area contributed by atoms with Crippen LogP contribution in [0.1, 0.15) is 40.0 Å². The van der Waals surface area contributed by atoms with E-state index in [0.717, 1.165) is 36.6 Å². The molecule has 1 saturated heterocycles. The molecule has 2 aliphatic heterocycles. The van der Waals surface area contributed by atoms with Crippen LogP contribution in [-0.2, 0) is 13.0 Å². The largest absolute Gasteiger partial charge is 0.350 e. The Kier molecular flexibility index (Phi) is 4.55. The normalized spacial score (nSPS) is 18.7. The standard InChI is InChI=1S/C21H20FN5O2/c22-16-4-2-1-3-15(16)18-9-19(29-26-18)21(28)27-8-6-17-14(12-27)11-24-20(25-17)13-5-7-23-10-13/h1-4,9,11,13,23H,5-8,10,12H2/t13-/m1/s1. The first-order valence-electron chi connectivity index (χ1n) is 9.75. The lowest BCUT2D eigenvalue weighted by atomic mass is 10.0. The third-order valence-corrected chi connectivity index (χ3v) is 5.54. The van der Waals surface area contributed by atoms with E-state index in [9.17, 15) is 9.18 Å². The van der Waals surface area contributed by atoms with E-state index in [-0.39, 0.29) is 11.7 Å². The zero-order valence-electron chi connectivity index (χ0n) is 15.8. The number of amides is 1. The zero-order valence-corrected chi connectivity index (χ0v) is 15.8. The van der Waals surface area contributed by atoms with Gasteiger partial charge in [0.2, 0.25) is 5.76 Å². The molecule has 8 heteroatoms. The van der Waals surface area contributed by atoms with Crippen LogP contribution in [0.25, 0.3) is 11.3 Å². The number of rotatable bonds is 3. The topological polar surface area (TPSA) is 84.2 Å². The van der Waals surface area contributed by atoms with Gasteiger partial charge in [-0.15, -0.1) is 0 Å². The molecule has 1 amide bonds. The molecule has 0 bridgehead atoms. The Hall–Kier alpha value is -3.13. The summed E-state index contributed by atoms with van der Waals surface area (Å²) in [7, 11) is 0. The maximum Gasteiger partial charge on any atom is 0.292 e. The van der Waals surface area contributed by atoms with Gasteiger partial charge in [0.25, 0.3) is 5.91 Å². The number of hydrogen-bond donors (Lipinski definition) is 1. The molecule has 4 heterocycles. The van der Waals surface area contributed by atoms with Crippen molar-refractivity contribution in [2.75, 3.05) is 19.6 Å². The molecule has 2 aliphatic rings. The van der Waals surface area contributed by atoms with Gasteiger partial charge in [0, 0.05) is 55.4 Å². The van der Waals surface area contributed by atoms with E-state index in [1.807, 2.05) is 6.20 Å². The average molecular weight is 393 g/mol. The number of carbonyl (C=O) groups is 1. The summed E-state index contributed by atoms with van der Waals surface area (Å²) in [5.41, 5.74) is 2.58. The maximum atomic E-state index is 14.0. The lowest BCUT2D eigenvalue weighted by Gasteiger charge is -2.27. The van der Waals surface area contributed by atoms with Crippen LogP contribution in [0.4, 0.5) is 4.39 Å². The first-order chi connectivity index (χ1) is 14.2. The quantitative estimate of drug-likeness (QED) is 0.736. The van der Waals surface area contributed by atoms with Crippen molar-refractivity contribution in [1.82, 2.24) is 25.3 Å². The summed E-state index contributed by atoms with van der Waals surface area (Å²) in [5, 5.41) is 7.21. The van der Waals surface area contributed by atoms with Crippen molar-refractivity contribution >= 4 is 5.91 Å². The number of hydrogen-bond acceptors (Lipinski definition) is 6. The van der Waals surface area contributed by atoms with Gasteiger partial charge in [-0.25, -0.2) is 14.4 Å². The molecule has 0 aliphatic carbocycles. The van der Waals surface area contributed by atoms with Crippen molar-refractivity contribution in [1.29, 1.82) is 0 Å². The molecule has 1 fully saturated rings. The molecular formula is C21H20FN5O2. The zero-order chi connectivity index (χ0) is 19.8. The molecule has 5 rings (SSSR count). The number of halogens is 1. The van der Waals surface area contributed by atoms with E-state index in [0.29, 0.717) is 36.7 Å². The van der Waals surface area contributed by atoms with Crippen molar-refractivity contribution < 1.29 is 13.7 Å². The Morgan fingerprint density at radius 2 is 2.21 bits per heavy atom. The molecular weight excluding hydrogens is 373 g/mol. The fraction of sp³-hybridized carbons (Fsp3) is 0.333. The predicted molar refractivity (Wildman–Crippen MR) is 103 cm³/mol. The van der Waals surface area contributed by atoms with Gasteiger partial charge in [0.05, 0.1) is 5.69 Å². The summed E-state index contributed by atoms with van der Waals surface area (Å²) in [5.74, 6) is 0.678. The Morgan fingerprint density at radius 1 is 1.31 bits per heavy atom. The van der Waals surface area contributed by atoms with Crippen LogP contribution >= 0.6 is 0 Å². The number of benzene rings is 1. The monoisotopic (exact) mass is 393 g/mol. The SMILES string of the molecule is O=C(c1cc(-c2ccccc2F)no1)N1CCc2nc([C@@H]3CCNC3)ncc2C1. The van der Waals surface area contributed by atoms with Gasteiger partial charge in [0.1, 0.15) is 17.3 Å². The van der Waals surface area contributed by atoms with E-state index < -0.39 is 5.82 Å². The van der Waals surface area contributed by atoms with Gasteiger partial charge < -0.3 is 14.7 Å². The van der Waals surface area contributed by atoms with E-state index in [1.54, 1.807) is 23.1 Å². The van der Waals surface area contributed by atoms with Crippen molar-refractivity contribution in [3.63, 3.8) is 0 Å². The van der Waals surface area contributed by atoms with E-state index in [2.05, 4.69) is 15.5 Å². The Labute approximate surface area is 166 Å². The molecule has 0 unspecified atom stereocenters. The van der Waals surface area contributed by atoms with Gasteiger partial charge in [-0.1, -0.05) is 17.3 Å². The van der Waals surface area contributed by atoms with Gasteiger partial charge in [0.15, 0.2) is 0 Å². The highest BCUT2D eigenvalue weighted by molar-refractivity contribution is 5.92. The third-order valence-electron chi connectivity index (χ3n) is 5.54. The highest BCUT2D eigenvalue weighted by Crippen LogP contribution is 2.25. The van der Waals surface area contributed by atoms with Crippen molar-refractivity contribution in [2.45, 2.75) is 25.3 Å². The molecule has 0 radical (unpaired) electrons. The minimum atomic E-state index is -0.405. The summed E-state index contributed by atoms with van der Waals surface area (Å²) in [6, 6.07) is 7.76. The van der Waals surface area contributed by atoms with Crippen molar-refractivity contribution in [3.05, 3.63) is 65.2 Å². The van der Waals surface area contributed by atoms with Crippen LogP contribution in [0.3, 0.4) is 0 Å². The molecule has 1 N–H and O–H groups in total. The van der Waals surface area contributed by atoms with E-state index in [1.165, 1.54) is 12.1 Å². The van der Waals surface area contributed by atoms with Gasteiger partial charge in [-0.05, 0) is 25.1 Å². The molecule has 29 heavy (non-hydrogen) atoms. The fourth-order valence-corrected chi connectivity index (χ4v) is 3.90.